The minimum Gasteiger partial charge on any atom is -0.443 e. The molecule has 0 aromatic heterocycles. The highest BCUT2D eigenvalue weighted by molar-refractivity contribution is 5.69. The summed E-state index contributed by atoms with van der Waals surface area (Å²) in [5.74, 6) is -0.297. The Hall–Kier alpha value is -1.96. The molecule has 0 unspecified atom stereocenters. The second kappa shape index (κ2) is 6.98. The summed E-state index contributed by atoms with van der Waals surface area (Å²) < 4.78 is 46.3. The van der Waals surface area contributed by atoms with Gasteiger partial charge in [-0.3, -0.25) is 0 Å². The summed E-state index contributed by atoms with van der Waals surface area (Å²) in [6.07, 6.45) is -2.22. The van der Waals surface area contributed by atoms with Crippen LogP contribution >= 0.6 is 0 Å². The van der Waals surface area contributed by atoms with E-state index in [1.807, 2.05) is 6.92 Å². The van der Waals surface area contributed by atoms with Crippen molar-refractivity contribution in [3.8, 4) is 5.75 Å². The molecule has 144 valence electrons. The van der Waals surface area contributed by atoms with Crippen LogP contribution in [-0.2, 0) is 4.74 Å². The van der Waals surface area contributed by atoms with Crippen LogP contribution in [0.25, 0.3) is 0 Å². The molecule has 1 N–H and O–H groups in total. The first kappa shape index (κ1) is 18.8. The topological polar surface area (TPSA) is 59.0 Å². The van der Waals surface area contributed by atoms with Crippen LogP contribution < -0.4 is 4.74 Å². The molecule has 0 bridgehead atoms. The maximum atomic E-state index is 12.5. The van der Waals surface area contributed by atoms with E-state index in [1.54, 1.807) is 4.90 Å². The number of carbonyl (C=O) groups is 1. The number of benzene rings is 1. The number of nitrogens with zero attached hydrogens (tertiary/aromatic N) is 1. The quantitative estimate of drug-likeness (QED) is 0.864. The zero-order valence-electron chi connectivity index (χ0n) is 14.5. The fourth-order valence-electron chi connectivity index (χ4n) is 3.67. The van der Waals surface area contributed by atoms with Crippen molar-refractivity contribution in [2.24, 2.45) is 0 Å². The predicted octanol–water partition coefficient (Wildman–Crippen LogP) is 4.16. The maximum Gasteiger partial charge on any atom is 0.573 e. The van der Waals surface area contributed by atoms with Crippen LogP contribution in [0, 0.1) is 0 Å². The van der Waals surface area contributed by atoms with E-state index in [-0.39, 0.29) is 17.9 Å². The zero-order valence-corrected chi connectivity index (χ0v) is 14.5. The minimum atomic E-state index is -4.73. The first-order valence-corrected chi connectivity index (χ1v) is 8.71. The third-order valence-electron chi connectivity index (χ3n) is 5.28. The Labute approximate surface area is 149 Å². The van der Waals surface area contributed by atoms with E-state index in [4.69, 9.17) is 4.74 Å². The lowest BCUT2D eigenvalue weighted by atomic mass is 9.80. The number of aliphatic hydroxyl groups is 1. The molecule has 1 amide bonds. The number of amides is 1. The van der Waals surface area contributed by atoms with E-state index in [0.29, 0.717) is 44.2 Å². The van der Waals surface area contributed by atoms with Gasteiger partial charge >= 0.3 is 12.5 Å². The lowest BCUT2D eigenvalue weighted by Gasteiger charge is -2.45. The Morgan fingerprint density at radius 2 is 1.85 bits per heavy atom. The number of aliphatic hydroxyl groups excluding tert-OH is 1. The Balaban J connectivity index is 1.63. The molecule has 2 fully saturated rings. The fraction of sp³-hybridized carbons (Fsp3) is 0.611. The molecular formula is C18H22F3NO4. The molecule has 8 heteroatoms. The molecule has 1 aromatic rings. The molecule has 1 spiro atoms. The van der Waals surface area contributed by atoms with Crippen molar-refractivity contribution in [2.45, 2.75) is 63.1 Å². The van der Waals surface area contributed by atoms with Gasteiger partial charge in [-0.2, -0.15) is 0 Å². The van der Waals surface area contributed by atoms with Crippen molar-refractivity contribution in [2.75, 3.05) is 6.54 Å². The van der Waals surface area contributed by atoms with Gasteiger partial charge in [0.1, 0.15) is 11.4 Å². The highest BCUT2D eigenvalue weighted by Gasteiger charge is 2.44. The lowest BCUT2D eigenvalue weighted by molar-refractivity contribution is -0.274. The largest absolute Gasteiger partial charge is 0.573 e. The van der Waals surface area contributed by atoms with Gasteiger partial charge in [-0.15, -0.1) is 13.2 Å². The van der Waals surface area contributed by atoms with Crippen LogP contribution in [0.1, 0.15) is 50.6 Å². The zero-order chi connectivity index (χ0) is 18.9. The Kier molecular flexibility index (Phi) is 5.05. The molecule has 3 rings (SSSR count). The van der Waals surface area contributed by atoms with Crippen molar-refractivity contribution in [3.63, 3.8) is 0 Å². The minimum absolute atomic E-state index is 0.297. The van der Waals surface area contributed by atoms with Crippen molar-refractivity contribution < 1.29 is 32.5 Å². The number of carbonyl (C=O) groups excluding carboxylic acids is 1. The van der Waals surface area contributed by atoms with Crippen LogP contribution in [0.15, 0.2) is 24.3 Å². The molecule has 1 aliphatic heterocycles. The van der Waals surface area contributed by atoms with Crippen LogP contribution in [0.4, 0.5) is 18.0 Å². The highest BCUT2D eigenvalue weighted by atomic mass is 19.4. The van der Waals surface area contributed by atoms with E-state index in [0.717, 1.165) is 0 Å². The van der Waals surface area contributed by atoms with E-state index in [1.165, 1.54) is 24.3 Å². The lowest BCUT2D eigenvalue weighted by Crippen LogP contribution is -2.52. The summed E-state index contributed by atoms with van der Waals surface area (Å²) in [5.41, 5.74) is 0.211. The van der Waals surface area contributed by atoms with Crippen molar-refractivity contribution in [3.05, 3.63) is 29.8 Å². The molecule has 1 saturated heterocycles. The summed E-state index contributed by atoms with van der Waals surface area (Å²) in [5, 5.41) is 9.64. The smallest absolute Gasteiger partial charge is 0.443 e. The SMILES string of the molecule is C[C@@H](c1ccc(OC(F)(F)F)cc1)N1CC[C@]2(CC[C@H](O)CC2)OC1=O. The average Bonchev–Trinajstić information content (AvgIpc) is 2.57. The van der Waals surface area contributed by atoms with Gasteiger partial charge in [0, 0.05) is 13.0 Å². The maximum absolute atomic E-state index is 12.5. The first-order chi connectivity index (χ1) is 12.2. The van der Waals surface area contributed by atoms with Crippen LogP contribution in [0.3, 0.4) is 0 Å². The first-order valence-electron chi connectivity index (χ1n) is 8.71. The monoisotopic (exact) mass is 373 g/mol. The van der Waals surface area contributed by atoms with Gasteiger partial charge in [-0.1, -0.05) is 12.1 Å². The third kappa shape index (κ3) is 4.23. The summed E-state index contributed by atoms with van der Waals surface area (Å²) in [6, 6.07) is 5.17. The van der Waals surface area contributed by atoms with Gasteiger partial charge < -0.3 is 19.5 Å². The molecule has 2 aliphatic rings. The average molecular weight is 373 g/mol. The van der Waals surface area contributed by atoms with Gasteiger partial charge in [0.2, 0.25) is 0 Å². The van der Waals surface area contributed by atoms with Gasteiger partial charge in [0.15, 0.2) is 0 Å². The number of alkyl halides is 3. The van der Waals surface area contributed by atoms with Crippen molar-refractivity contribution in [1.29, 1.82) is 0 Å². The van der Waals surface area contributed by atoms with Crippen molar-refractivity contribution in [1.82, 2.24) is 4.90 Å². The van der Waals surface area contributed by atoms with Gasteiger partial charge in [-0.25, -0.2) is 4.79 Å². The number of ether oxygens (including phenoxy) is 2. The van der Waals surface area contributed by atoms with Gasteiger partial charge in [0.05, 0.1) is 12.1 Å². The van der Waals surface area contributed by atoms with Gasteiger partial charge in [0.25, 0.3) is 0 Å². The molecule has 1 atom stereocenters. The standard InChI is InChI=1S/C18H22F3NO4/c1-12(13-2-4-15(5-3-13)25-18(19,20)21)22-11-10-17(26-16(22)24)8-6-14(23)7-9-17/h2-5,12,14,23H,6-11H2,1H3/t12-,14-,17+/m0/s1. The number of hydrogen-bond acceptors (Lipinski definition) is 4. The van der Waals surface area contributed by atoms with Gasteiger partial charge in [-0.05, 0) is 50.3 Å². The summed E-state index contributed by atoms with van der Waals surface area (Å²) in [6.45, 7) is 2.32. The van der Waals surface area contributed by atoms with Crippen LogP contribution in [-0.4, -0.2) is 40.7 Å². The van der Waals surface area contributed by atoms with E-state index >= 15 is 0 Å². The van der Waals surface area contributed by atoms with E-state index in [2.05, 4.69) is 4.74 Å². The number of halogens is 3. The fourth-order valence-corrected chi connectivity index (χ4v) is 3.67. The summed E-state index contributed by atoms with van der Waals surface area (Å²) in [4.78, 5) is 14.1. The normalized spacial score (nSPS) is 28.0. The van der Waals surface area contributed by atoms with E-state index in [9.17, 15) is 23.1 Å². The Bertz CT molecular complexity index is 639. The third-order valence-corrected chi connectivity index (χ3v) is 5.28. The Morgan fingerprint density at radius 3 is 2.38 bits per heavy atom. The molecule has 0 radical (unpaired) electrons. The summed E-state index contributed by atoms with van der Waals surface area (Å²) >= 11 is 0. The molecule has 1 heterocycles. The molecular weight excluding hydrogens is 351 g/mol. The molecule has 1 aromatic carbocycles. The molecule has 26 heavy (non-hydrogen) atoms. The van der Waals surface area contributed by atoms with Crippen LogP contribution in [0.2, 0.25) is 0 Å². The highest BCUT2D eigenvalue weighted by Crippen LogP contribution is 2.39. The molecule has 1 aliphatic carbocycles. The van der Waals surface area contributed by atoms with E-state index < -0.39 is 18.1 Å². The summed E-state index contributed by atoms with van der Waals surface area (Å²) in [7, 11) is 0. The van der Waals surface area contributed by atoms with Crippen molar-refractivity contribution >= 4 is 6.09 Å². The Morgan fingerprint density at radius 1 is 1.23 bits per heavy atom. The second-order valence-corrected chi connectivity index (χ2v) is 7.02. The second-order valence-electron chi connectivity index (χ2n) is 7.02. The number of hydrogen-bond donors (Lipinski definition) is 1. The predicted molar refractivity (Wildman–Crippen MR) is 86.5 cm³/mol. The molecule has 1 saturated carbocycles. The number of rotatable bonds is 3. The molecule has 5 nitrogen and oxygen atoms in total. The van der Waals surface area contributed by atoms with Crippen LogP contribution in [0.5, 0.6) is 5.75 Å².